The fraction of sp³-hybridized carbons (Fsp3) is 0.579. The number of hydrogen-bond donors (Lipinski definition) is 3. The molecule has 0 atom stereocenters. The molecule has 0 aromatic heterocycles. The third kappa shape index (κ3) is 5.52. The number of ether oxygens (including phenoxy) is 1. The van der Waals surface area contributed by atoms with Gasteiger partial charge in [0.15, 0.2) is 0 Å². The van der Waals surface area contributed by atoms with Gasteiger partial charge in [-0.25, -0.2) is 4.79 Å². The van der Waals surface area contributed by atoms with Crippen LogP contribution in [0.2, 0.25) is 0 Å². The van der Waals surface area contributed by atoms with Crippen LogP contribution in [0.4, 0.5) is 10.5 Å². The highest BCUT2D eigenvalue weighted by atomic mass is 32.2. The summed E-state index contributed by atoms with van der Waals surface area (Å²) in [4.78, 5) is 26.5. The number of carboxylic acid groups (broad SMARTS) is 1. The standard InChI is InChI=1S/C19H27N3O4S/c1-26-17-9-15(27-2)5-6-16(17)21-19(25)20-13-7-14(8-13)22(11-18(23)24)10-12-3-4-12/h5-6,9,12-14H,3-4,7-8,10-11H2,1-2H3,(H,23,24)(H2,20,21,25). The van der Waals surface area contributed by atoms with Crippen molar-refractivity contribution in [3.8, 4) is 5.75 Å². The monoisotopic (exact) mass is 393 g/mol. The van der Waals surface area contributed by atoms with E-state index in [0.29, 0.717) is 17.4 Å². The fourth-order valence-corrected chi connectivity index (χ4v) is 3.83. The first kappa shape index (κ1) is 19.8. The zero-order valence-corrected chi connectivity index (χ0v) is 16.6. The largest absolute Gasteiger partial charge is 0.495 e. The van der Waals surface area contributed by atoms with Crippen molar-refractivity contribution in [3.05, 3.63) is 18.2 Å². The molecular weight excluding hydrogens is 366 g/mol. The van der Waals surface area contributed by atoms with Gasteiger partial charge in [-0.05, 0) is 56.1 Å². The molecule has 0 heterocycles. The van der Waals surface area contributed by atoms with Crippen molar-refractivity contribution < 1.29 is 19.4 Å². The number of aliphatic carboxylic acids is 1. The van der Waals surface area contributed by atoms with Gasteiger partial charge in [-0.1, -0.05) is 0 Å². The Bertz CT molecular complexity index is 690. The summed E-state index contributed by atoms with van der Waals surface area (Å²) in [6.07, 6.45) is 5.96. The van der Waals surface area contributed by atoms with E-state index in [2.05, 4.69) is 15.5 Å². The molecule has 3 N–H and O–H groups in total. The number of carbonyl (C=O) groups is 2. The van der Waals surface area contributed by atoms with Gasteiger partial charge >= 0.3 is 12.0 Å². The van der Waals surface area contributed by atoms with Crippen LogP contribution in [0, 0.1) is 5.92 Å². The van der Waals surface area contributed by atoms with E-state index >= 15 is 0 Å². The number of nitrogens with one attached hydrogen (secondary N) is 2. The molecule has 7 nitrogen and oxygen atoms in total. The maximum Gasteiger partial charge on any atom is 0.319 e. The highest BCUT2D eigenvalue weighted by Crippen LogP contribution is 2.34. The lowest BCUT2D eigenvalue weighted by Crippen LogP contribution is -2.55. The van der Waals surface area contributed by atoms with Gasteiger partial charge in [0, 0.05) is 23.5 Å². The van der Waals surface area contributed by atoms with Crippen LogP contribution in [0.3, 0.4) is 0 Å². The molecule has 27 heavy (non-hydrogen) atoms. The molecule has 2 saturated carbocycles. The molecule has 0 aliphatic heterocycles. The number of amides is 2. The Balaban J connectivity index is 1.47. The number of carboxylic acids is 1. The highest BCUT2D eigenvalue weighted by Gasteiger charge is 2.37. The van der Waals surface area contributed by atoms with E-state index in [4.69, 9.17) is 9.84 Å². The summed E-state index contributed by atoms with van der Waals surface area (Å²) in [6, 6.07) is 5.70. The van der Waals surface area contributed by atoms with Crippen molar-refractivity contribution in [2.45, 2.75) is 42.7 Å². The van der Waals surface area contributed by atoms with E-state index in [1.165, 1.54) is 12.8 Å². The summed E-state index contributed by atoms with van der Waals surface area (Å²) in [5.41, 5.74) is 0.630. The van der Waals surface area contributed by atoms with E-state index in [9.17, 15) is 9.59 Å². The Labute approximate surface area is 163 Å². The van der Waals surface area contributed by atoms with Crippen molar-refractivity contribution in [1.82, 2.24) is 10.2 Å². The quantitative estimate of drug-likeness (QED) is 0.559. The average molecular weight is 394 g/mol. The van der Waals surface area contributed by atoms with Gasteiger partial charge in [-0.3, -0.25) is 9.69 Å². The number of anilines is 1. The minimum atomic E-state index is -0.786. The van der Waals surface area contributed by atoms with Gasteiger partial charge in [-0.15, -0.1) is 11.8 Å². The van der Waals surface area contributed by atoms with Crippen LogP contribution in [0.5, 0.6) is 5.75 Å². The van der Waals surface area contributed by atoms with Crippen molar-refractivity contribution in [1.29, 1.82) is 0 Å². The zero-order chi connectivity index (χ0) is 19.4. The third-order valence-electron chi connectivity index (χ3n) is 5.15. The Hall–Kier alpha value is -1.93. The first-order valence-corrected chi connectivity index (χ1v) is 10.5. The molecule has 2 aliphatic rings. The van der Waals surface area contributed by atoms with Crippen LogP contribution in [0.1, 0.15) is 25.7 Å². The number of methoxy groups -OCH3 is 1. The van der Waals surface area contributed by atoms with E-state index in [1.807, 2.05) is 24.5 Å². The van der Waals surface area contributed by atoms with Crippen LogP contribution in [0.15, 0.2) is 23.1 Å². The van der Waals surface area contributed by atoms with Gasteiger partial charge in [0.2, 0.25) is 0 Å². The lowest BCUT2D eigenvalue weighted by molar-refractivity contribution is -0.139. The maximum absolute atomic E-state index is 12.3. The zero-order valence-electron chi connectivity index (χ0n) is 15.7. The lowest BCUT2D eigenvalue weighted by atomic mass is 9.85. The number of rotatable bonds is 9. The Morgan fingerprint density at radius 2 is 2.07 bits per heavy atom. The van der Waals surface area contributed by atoms with E-state index in [-0.39, 0.29) is 24.7 Å². The molecule has 0 spiro atoms. The first-order valence-electron chi connectivity index (χ1n) is 9.24. The molecule has 0 bridgehead atoms. The lowest BCUT2D eigenvalue weighted by Gasteiger charge is -2.42. The molecule has 3 rings (SSSR count). The predicted molar refractivity (Wildman–Crippen MR) is 106 cm³/mol. The van der Waals surface area contributed by atoms with Crippen molar-refractivity contribution in [3.63, 3.8) is 0 Å². The van der Waals surface area contributed by atoms with E-state index < -0.39 is 5.97 Å². The Morgan fingerprint density at radius 3 is 2.67 bits per heavy atom. The number of nitrogens with zero attached hydrogens (tertiary/aromatic N) is 1. The van der Waals surface area contributed by atoms with Gasteiger partial charge in [-0.2, -0.15) is 0 Å². The molecule has 1 aromatic rings. The summed E-state index contributed by atoms with van der Waals surface area (Å²) in [6.45, 7) is 0.938. The number of thioether (sulfide) groups is 1. The first-order chi connectivity index (χ1) is 13.0. The molecule has 0 saturated heterocycles. The molecule has 0 radical (unpaired) electrons. The molecule has 2 fully saturated rings. The molecule has 2 amide bonds. The second-order valence-corrected chi connectivity index (χ2v) is 8.13. The minimum absolute atomic E-state index is 0.0713. The van der Waals surface area contributed by atoms with E-state index in [0.717, 1.165) is 24.3 Å². The van der Waals surface area contributed by atoms with Crippen LogP contribution in [0.25, 0.3) is 0 Å². The van der Waals surface area contributed by atoms with Gasteiger partial charge in [0.05, 0.1) is 19.3 Å². The number of urea groups is 1. The van der Waals surface area contributed by atoms with Crippen LogP contribution in [-0.4, -0.2) is 60.5 Å². The Morgan fingerprint density at radius 1 is 1.33 bits per heavy atom. The minimum Gasteiger partial charge on any atom is -0.495 e. The molecule has 1 aromatic carbocycles. The second-order valence-electron chi connectivity index (χ2n) is 7.25. The van der Waals surface area contributed by atoms with Gasteiger partial charge < -0.3 is 20.5 Å². The number of benzene rings is 1. The summed E-state index contributed by atoms with van der Waals surface area (Å²) in [7, 11) is 1.58. The SMILES string of the molecule is COc1cc(SC)ccc1NC(=O)NC1CC(N(CC(=O)O)CC2CC2)C1. The smallest absolute Gasteiger partial charge is 0.319 e. The van der Waals surface area contributed by atoms with Crippen LogP contribution < -0.4 is 15.4 Å². The van der Waals surface area contributed by atoms with Crippen LogP contribution in [-0.2, 0) is 4.79 Å². The molecular formula is C19H27N3O4S. The summed E-state index contributed by atoms with van der Waals surface area (Å²) in [5, 5.41) is 14.9. The van der Waals surface area contributed by atoms with Crippen molar-refractivity contribution >= 4 is 29.4 Å². The van der Waals surface area contributed by atoms with Crippen molar-refractivity contribution in [2.75, 3.05) is 31.8 Å². The van der Waals surface area contributed by atoms with Gasteiger partial charge in [0.1, 0.15) is 5.75 Å². The topological polar surface area (TPSA) is 90.9 Å². The van der Waals surface area contributed by atoms with E-state index in [1.54, 1.807) is 18.9 Å². The number of hydrogen-bond acceptors (Lipinski definition) is 5. The normalized spacial score (nSPS) is 21.4. The third-order valence-corrected chi connectivity index (χ3v) is 5.88. The molecule has 0 unspecified atom stereocenters. The molecule has 148 valence electrons. The van der Waals surface area contributed by atoms with Crippen LogP contribution >= 0.6 is 11.8 Å². The maximum atomic E-state index is 12.3. The average Bonchev–Trinajstić information content (AvgIpc) is 3.41. The van der Waals surface area contributed by atoms with Crippen molar-refractivity contribution in [2.24, 2.45) is 5.92 Å². The summed E-state index contributed by atoms with van der Waals surface area (Å²) in [5.74, 6) is 0.488. The summed E-state index contributed by atoms with van der Waals surface area (Å²) < 4.78 is 5.34. The Kier molecular flexibility index (Phi) is 6.49. The summed E-state index contributed by atoms with van der Waals surface area (Å²) >= 11 is 1.61. The molecule has 8 heteroatoms. The number of carbonyl (C=O) groups excluding carboxylic acids is 1. The predicted octanol–water partition coefficient (Wildman–Crippen LogP) is 2.87. The molecule has 2 aliphatic carbocycles. The highest BCUT2D eigenvalue weighted by molar-refractivity contribution is 7.98. The second kappa shape index (κ2) is 8.84. The fourth-order valence-electron chi connectivity index (χ4n) is 3.40. The van der Waals surface area contributed by atoms with Gasteiger partial charge in [0.25, 0.3) is 0 Å².